The van der Waals surface area contributed by atoms with Gasteiger partial charge in [-0.3, -0.25) is 9.69 Å². The summed E-state index contributed by atoms with van der Waals surface area (Å²) in [5.74, 6) is 0.747. The first-order chi connectivity index (χ1) is 19.0. The molecule has 2 bridgehead atoms. The highest BCUT2D eigenvalue weighted by atomic mass is 19.1. The first kappa shape index (κ1) is 27.1. The monoisotopic (exact) mass is 549 g/mol. The number of carbonyl (C=O) groups is 2. The van der Waals surface area contributed by atoms with Gasteiger partial charge in [-0.25, -0.2) is 9.18 Å². The van der Waals surface area contributed by atoms with Crippen LogP contribution in [0.2, 0.25) is 0 Å². The molecule has 1 aromatic rings. The van der Waals surface area contributed by atoms with Crippen molar-refractivity contribution >= 4 is 12.0 Å². The molecule has 0 spiro atoms. The molecule has 5 fully saturated rings. The van der Waals surface area contributed by atoms with E-state index < -0.39 is 17.7 Å². The van der Waals surface area contributed by atoms with E-state index >= 15 is 0 Å². The summed E-state index contributed by atoms with van der Waals surface area (Å²) in [5, 5.41) is 12.8. The number of likely N-dealkylation sites (tertiary alicyclic amines) is 3. The predicted molar refractivity (Wildman–Crippen MR) is 147 cm³/mol. The van der Waals surface area contributed by atoms with Crippen LogP contribution in [0.3, 0.4) is 0 Å². The Hall–Kier alpha value is -3.12. The number of amides is 2. The molecule has 0 radical (unpaired) electrons. The molecule has 4 unspecified atom stereocenters. The summed E-state index contributed by atoms with van der Waals surface area (Å²) in [6.07, 6.45) is 5.39. The molecular formula is C31H40FN5O3. The number of halogens is 1. The van der Waals surface area contributed by atoms with E-state index in [1.165, 1.54) is 12.1 Å². The Morgan fingerprint density at radius 1 is 1.23 bits per heavy atom. The van der Waals surface area contributed by atoms with Crippen molar-refractivity contribution in [3.8, 4) is 6.07 Å². The number of ether oxygens (including phenoxy) is 1. The van der Waals surface area contributed by atoms with Gasteiger partial charge in [0.05, 0.1) is 24.2 Å². The minimum absolute atomic E-state index is 0.0302. The van der Waals surface area contributed by atoms with E-state index in [-0.39, 0.29) is 35.9 Å². The van der Waals surface area contributed by atoms with Crippen LogP contribution in [0.15, 0.2) is 36.5 Å². The molecular weight excluding hydrogens is 509 g/mol. The molecule has 2 saturated carbocycles. The highest BCUT2D eigenvalue weighted by Crippen LogP contribution is 2.50. The summed E-state index contributed by atoms with van der Waals surface area (Å²) in [5.41, 5.74) is 1.07. The lowest BCUT2D eigenvalue weighted by molar-refractivity contribution is -0.141. The van der Waals surface area contributed by atoms with Gasteiger partial charge in [0.1, 0.15) is 17.5 Å². The van der Waals surface area contributed by atoms with Crippen LogP contribution in [-0.4, -0.2) is 75.6 Å². The second-order valence-electron chi connectivity index (χ2n) is 13.3. The maximum Gasteiger partial charge on any atom is 0.408 e. The highest BCUT2D eigenvalue weighted by molar-refractivity contribution is 5.86. The molecule has 40 heavy (non-hydrogen) atoms. The first-order valence-corrected chi connectivity index (χ1v) is 14.7. The Morgan fingerprint density at radius 2 is 1.95 bits per heavy atom. The van der Waals surface area contributed by atoms with Crippen molar-refractivity contribution in [1.82, 2.24) is 20.0 Å². The van der Waals surface area contributed by atoms with E-state index in [0.29, 0.717) is 36.7 Å². The van der Waals surface area contributed by atoms with Gasteiger partial charge in [-0.05, 0) is 82.4 Å². The van der Waals surface area contributed by atoms with E-state index in [2.05, 4.69) is 32.7 Å². The van der Waals surface area contributed by atoms with Crippen LogP contribution in [0, 0.1) is 29.0 Å². The number of hydrogen-bond acceptors (Lipinski definition) is 6. The third kappa shape index (κ3) is 4.96. The molecule has 2 amide bonds. The molecule has 2 aliphatic carbocycles. The molecule has 0 aromatic heterocycles. The molecule has 7 atom stereocenters. The van der Waals surface area contributed by atoms with Gasteiger partial charge in [0.25, 0.3) is 0 Å². The van der Waals surface area contributed by atoms with Gasteiger partial charge in [-0.15, -0.1) is 0 Å². The van der Waals surface area contributed by atoms with Crippen LogP contribution in [0.5, 0.6) is 0 Å². The number of hydrogen-bond donors (Lipinski definition) is 1. The van der Waals surface area contributed by atoms with Crippen LogP contribution >= 0.6 is 0 Å². The normalized spacial score (nSPS) is 30.9. The Labute approximate surface area is 236 Å². The Kier molecular flexibility index (Phi) is 6.81. The fraction of sp³-hybridized carbons (Fsp3) is 0.645. The molecule has 3 heterocycles. The van der Waals surface area contributed by atoms with Crippen LogP contribution in [0.25, 0.3) is 0 Å². The van der Waals surface area contributed by atoms with Gasteiger partial charge < -0.3 is 19.9 Å². The van der Waals surface area contributed by atoms with Gasteiger partial charge in [-0.1, -0.05) is 25.1 Å². The minimum Gasteiger partial charge on any atom is -0.444 e. The van der Waals surface area contributed by atoms with Crippen LogP contribution in [0.4, 0.5) is 9.18 Å². The number of alkyl carbamates (subject to hydrolysis) is 1. The topological polar surface area (TPSA) is 88.9 Å². The smallest absolute Gasteiger partial charge is 0.408 e. The molecule has 5 aliphatic rings. The summed E-state index contributed by atoms with van der Waals surface area (Å²) in [6.45, 7) is 11.0. The van der Waals surface area contributed by atoms with Crippen LogP contribution < -0.4 is 5.32 Å². The number of nitriles is 1. The zero-order valence-corrected chi connectivity index (χ0v) is 23.7. The van der Waals surface area contributed by atoms with Crippen molar-refractivity contribution in [2.75, 3.05) is 13.1 Å². The first-order valence-electron chi connectivity index (χ1n) is 14.7. The van der Waals surface area contributed by atoms with Gasteiger partial charge in [0.15, 0.2) is 0 Å². The second-order valence-corrected chi connectivity index (χ2v) is 13.3. The molecule has 3 saturated heterocycles. The number of piperidine rings is 1. The lowest BCUT2D eigenvalue weighted by Crippen LogP contribution is -2.57. The number of carbonyl (C=O) groups excluding carboxylic acids is 2. The average molecular weight is 550 g/mol. The summed E-state index contributed by atoms with van der Waals surface area (Å²) >= 11 is 0. The third-order valence-electron chi connectivity index (χ3n) is 9.52. The lowest BCUT2D eigenvalue weighted by Gasteiger charge is -2.45. The SMILES string of the molecule is C=C(C(CN1C[C@@H]2CC1C(=O)N2[C@H](c1ccc(F)cc1)C1CCC1)NC(=O)OC(C)(C)C)N1C(C#N)C[C@@H]2CC21. The predicted octanol–water partition coefficient (Wildman–Crippen LogP) is 4.35. The van der Waals surface area contributed by atoms with Crippen molar-refractivity contribution in [2.24, 2.45) is 11.8 Å². The fourth-order valence-electron chi connectivity index (χ4n) is 7.41. The van der Waals surface area contributed by atoms with Crippen molar-refractivity contribution in [3.63, 3.8) is 0 Å². The Balaban J connectivity index is 1.20. The Morgan fingerprint density at radius 3 is 2.55 bits per heavy atom. The summed E-state index contributed by atoms with van der Waals surface area (Å²) in [6, 6.07) is 8.37. The number of benzene rings is 1. The van der Waals surface area contributed by atoms with Gasteiger partial charge >= 0.3 is 6.09 Å². The Bertz CT molecular complexity index is 1220. The zero-order valence-electron chi connectivity index (χ0n) is 23.7. The quantitative estimate of drug-likeness (QED) is 0.519. The largest absolute Gasteiger partial charge is 0.444 e. The minimum atomic E-state index is -0.652. The third-order valence-corrected chi connectivity index (χ3v) is 9.52. The highest BCUT2D eigenvalue weighted by Gasteiger charge is 2.56. The standard InChI is InChI=1S/C31H40FN5O3/c1-18(36-23(15-33)12-21-13-26(21)36)25(34-30(39)40-31(2,3)4)17-35-16-24-14-27(35)29(38)37(24)28(19-6-5-7-19)20-8-10-22(32)11-9-20/h8-11,19,21,23-28H,1,5-7,12-14,16-17H2,2-4H3,(H,34,39)/t21-,23?,24+,25?,26?,27?,28+/m1/s1. The summed E-state index contributed by atoms with van der Waals surface area (Å²) in [7, 11) is 0. The van der Waals surface area contributed by atoms with Crippen LogP contribution in [-0.2, 0) is 9.53 Å². The molecule has 8 nitrogen and oxygen atoms in total. The number of fused-ring (bicyclic) bond motifs is 3. The summed E-state index contributed by atoms with van der Waals surface area (Å²) < 4.78 is 19.3. The molecule has 1 aromatic carbocycles. The van der Waals surface area contributed by atoms with E-state index in [4.69, 9.17) is 4.74 Å². The number of piperazine rings is 1. The van der Waals surface area contributed by atoms with E-state index in [1.807, 2.05) is 32.9 Å². The van der Waals surface area contributed by atoms with Gasteiger partial charge in [0, 0.05) is 30.9 Å². The van der Waals surface area contributed by atoms with Crippen molar-refractivity contribution < 1.29 is 18.7 Å². The number of rotatable bonds is 8. The number of nitrogens with zero attached hydrogens (tertiary/aromatic N) is 4. The maximum absolute atomic E-state index is 13.9. The zero-order chi connectivity index (χ0) is 28.3. The van der Waals surface area contributed by atoms with E-state index in [1.54, 1.807) is 0 Å². The van der Waals surface area contributed by atoms with E-state index in [9.17, 15) is 19.2 Å². The van der Waals surface area contributed by atoms with Crippen molar-refractivity contribution in [2.45, 2.75) is 101 Å². The molecule has 3 aliphatic heterocycles. The van der Waals surface area contributed by atoms with Crippen molar-refractivity contribution in [3.05, 3.63) is 47.9 Å². The lowest BCUT2D eigenvalue weighted by atomic mass is 9.76. The van der Waals surface area contributed by atoms with Crippen molar-refractivity contribution in [1.29, 1.82) is 5.26 Å². The van der Waals surface area contributed by atoms with E-state index in [0.717, 1.165) is 44.1 Å². The molecule has 214 valence electrons. The van der Waals surface area contributed by atoms with Crippen LogP contribution in [0.1, 0.15) is 70.9 Å². The number of nitrogens with one attached hydrogen (secondary N) is 1. The molecule has 9 heteroatoms. The fourth-order valence-corrected chi connectivity index (χ4v) is 7.41. The molecule has 6 rings (SSSR count). The van der Waals surface area contributed by atoms with Gasteiger partial charge in [0.2, 0.25) is 5.91 Å². The second kappa shape index (κ2) is 10.1. The molecule has 1 N–H and O–H groups in total. The average Bonchev–Trinajstić information content (AvgIpc) is 3.18. The van der Waals surface area contributed by atoms with Gasteiger partial charge in [-0.2, -0.15) is 5.26 Å². The summed E-state index contributed by atoms with van der Waals surface area (Å²) in [4.78, 5) is 33.1. The maximum atomic E-state index is 13.9.